The van der Waals surface area contributed by atoms with Gasteiger partial charge < -0.3 is 14.8 Å². The van der Waals surface area contributed by atoms with Gasteiger partial charge in [0.25, 0.3) is 0 Å². The Hall–Kier alpha value is -1.22. The first-order chi connectivity index (χ1) is 10.0. The second-order valence-corrected chi connectivity index (χ2v) is 5.47. The molecule has 0 saturated carbocycles. The second-order valence-electron chi connectivity index (χ2n) is 5.04. The van der Waals surface area contributed by atoms with Crippen molar-refractivity contribution in [3.63, 3.8) is 0 Å². The van der Waals surface area contributed by atoms with E-state index in [0.29, 0.717) is 6.54 Å². The number of H-pyrrole nitrogens is 1. The first kappa shape index (κ1) is 18.8. The fourth-order valence-corrected chi connectivity index (χ4v) is 2.43. The molecule has 0 aliphatic carbocycles. The molecule has 122 valence electrons. The van der Waals surface area contributed by atoms with Gasteiger partial charge in [0.1, 0.15) is 0 Å². The summed E-state index contributed by atoms with van der Waals surface area (Å²) in [5.74, 6) is 0.827. The highest BCUT2D eigenvalue weighted by molar-refractivity contribution is 14.0. The van der Waals surface area contributed by atoms with Crippen LogP contribution in [0.3, 0.4) is 0 Å². The normalized spacial score (nSPS) is 11.2. The summed E-state index contributed by atoms with van der Waals surface area (Å²) in [7, 11) is 5.76. The van der Waals surface area contributed by atoms with Crippen LogP contribution in [0.25, 0.3) is 0 Å². The summed E-state index contributed by atoms with van der Waals surface area (Å²) >= 11 is 6.01. The molecule has 22 heavy (non-hydrogen) atoms. The standard InChI is InChI=1S/C14H21ClN6.HI/c1-10-11(7-18-19-10)6-17-14(16-2)21(4)9-13-5-12(15)8-20(13)3;/h5,7-8H,6,9H2,1-4H3,(H,16,17)(H,18,19);1H. The molecule has 0 aliphatic heterocycles. The Morgan fingerprint density at radius 1 is 1.55 bits per heavy atom. The smallest absolute Gasteiger partial charge is 0.194 e. The summed E-state index contributed by atoms with van der Waals surface area (Å²) in [6.07, 6.45) is 3.72. The first-order valence-corrected chi connectivity index (χ1v) is 7.10. The van der Waals surface area contributed by atoms with Crippen molar-refractivity contribution in [2.24, 2.45) is 12.0 Å². The lowest BCUT2D eigenvalue weighted by Crippen LogP contribution is -2.38. The first-order valence-electron chi connectivity index (χ1n) is 6.72. The van der Waals surface area contributed by atoms with Gasteiger partial charge in [-0.2, -0.15) is 5.10 Å². The van der Waals surface area contributed by atoms with Crippen LogP contribution in [0.4, 0.5) is 0 Å². The minimum atomic E-state index is 0. The Bertz CT molecular complexity index is 633. The van der Waals surface area contributed by atoms with E-state index in [-0.39, 0.29) is 24.0 Å². The van der Waals surface area contributed by atoms with E-state index in [4.69, 9.17) is 11.6 Å². The molecule has 8 heteroatoms. The van der Waals surface area contributed by atoms with Crippen LogP contribution in [-0.4, -0.2) is 39.7 Å². The molecule has 2 N–H and O–H groups in total. The Labute approximate surface area is 153 Å². The number of nitrogens with zero attached hydrogens (tertiary/aromatic N) is 4. The third-order valence-corrected chi connectivity index (χ3v) is 3.63. The van der Waals surface area contributed by atoms with Crippen molar-refractivity contribution in [3.8, 4) is 0 Å². The van der Waals surface area contributed by atoms with Gasteiger partial charge in [0.15, 0.2) is 5.96 Å². The van der Waals surface area contributed by atoms with Crippen LogP contribution in [-0.2, 0) is 20.1 Å². The molecular weight excluding hydrogens is 415 g/mol. The third-order valence-electron chi connectivity index (χ3n) is 3.42. The van der Waals surface area contributed by atoms with Gasteiger partial charge in [-0.05, 0) is 13.0 Å². The van der Waals surface area contributed by atoms with Gasteiger partial charge in [0.05, 0.1) is 17.8 Å². The van der Waals surface area contributed by atoms with Crippen molar-refractivity contribution < 1.29 is 0 Å². The van der Waals surface area contributed by atoms with Gasteiger partial charge in [0.2, 0.25) is 0 Å². The van der Waals surface area contributed by atoms with Gasteiger partial charge in [-0.1, -0.05) is 11.6 Å². The number of nitrogens with one attached hydrogen (secondary N) is 2. The lowest BCUT2D eigenvalue weighted by Gasteiger charge is -2.22. The minimum absolute atomic E-state index is 0. The average molecular weight is 437 g/mol. The van der Waals surface area contributed by atoms with Crippen molar-refractivity contribution in [2.45, 2.75) is 20.0 Å². The molecule has 0 spiro atoms. The van der Waals surface area contributed by atoms with E-state index in [2.05, 4.69) is 25.4 Å². The fourth-order valence-electron chi connectivity index (χ4n) is 2.15. The average Bonchev–Trinajstić information content (AvgIpc) is 2.97. The summed E-state index contributed by atoms with van der Waals surface area (Å²) in [5.41, 5.74) is 3.33. The van der Waals surface area contributed by atoms with E-state index in [9.17, 15) is 0 Å². The lowest BCUT2D eigenvalue weighted by molar-refractivity contribution is 0.461. The van der Waals surface area contributed by atoms with Gasteiger partial charge >= 0.3 is 0 Å². The Balaban J connectivity index is 0.00000242. The van der Waals surface area contributed by atoms with Crippen molar-refractivity contribution in [1.82, 2.24) is 25.0 Å². The maximum absolute atomic E-state index is 6.01. The van der Waals surface area contributed by atoms with E-state index in [1.807, 2.05) is 44.0 Å². The highest BCUT2D eigenvalue weighted by Crippen LogP contribution is 2.14. The molecule has 6 nitrogen and oxygen atoms in total. The molecule has 0 fully saturated rings. The second kappa shape index (κ2) is 8.42. The predicted molar refractivity (Wildman–Crippen MR) is 101 cm³/mol. The van der Waals surface area contributed by atoms with E-state index < -0.39 is 0 Å². The van der Waals surface area contributed by atoms with Crippen molar-refractivity contribution in [3.05, 3.63) is 40.4 Å². The summed E-state index contributed by atoms with van der Waals surface area (Å²) in [4.78, 5) is 6.36. The fraction of sp³-hybridized carbons (Fsp3) is 0.429. The van der Waals surface area contributed by atoms with Gasteiger partial charge in [0, 0.05) is 50.8 Å². The Kier molecular flexibility index (Phi) is 7.21. The number of hydrogen-bond acceptors (Lipinski definition) is 2. The third kappa shape index (κ3) is 4.64. The summed E-state index contributed by atoms with van der Waals surface area (Å²) in [5, 5.41) is 11.0. The molecule has 0 radical (unpaired) electrons. The maximum Gasteiger partial charge on any atom is 0.194 e. The molecule has 0 aliphatic rings. The zero-order valence-corrected chi connectivity index (χ0v) is 16.3. The van der Waals surface area contributed by atoms with Crippen LogP contribution in [0.1, 0.15) is 17.0 Å². The number of hydrogen-bond donors (Lipinski definition) is 2. The molecular formula is C14H22ClIN6. The van der Waals surface area contributed by atoms with Gasteiger partial charge in [-0.3, -0.25) is 10.1 Å². The highest BCUT2D eigenvalue weighted by Gasteiger charge is 2.10. The van der Waals surface area contributed by atoms with Crippen LogP contribution in [0.15, 0.2) is 23.5 Å². The van der Waals surface area contributed by atoms with Crippen LogP contribution in [0.5, 0.6) is 0 Å². The summed E-state index contributed by atoms with van der Waals surface area (Å²) < 4.78 is 2.02. The zero-order chi connectivity index (χ0) is 15.4. The lowest BCUT2D eigenvalue weighted by atomic mass is 10.3. The largest absolute Gasteiger partial charge is 0.352 e. The molecule has 0 atom stereocenters. The Morgan fingerprint density at radius 2 is 2.27 bits per heavy atom. The van der Waals surface area contributed by atoms with E-state index in [1.165, 1.54) is 0 Å². The van der Waals surface area contributed by atoms with Crippen LogP contribution in [0, 0.1) is 6.92 Å². The SMILES string of the molecule is CN=C(NCc1cn[nH]c1C)N(C)Cc1cc(Cl)cn1C.I. The number of guanidine groups is 1. The zero-order valence-electron chi connectivity index (χ0n) is 13.2. The number of aromatic amines is 1. The van der Waals surface area contributed by atoms with E-state index >= 15 is 0 Å². The van der Waals surface area contributed by atoms with Gasteiger partial charge in [-0.25, -0.2) is 0 Å². The highest BCUT2D eigenvalue weighted by atomic mass is 127. The number of aromatic nitrogens is 3. The molecule has 2 rings (SSSR count). The molecule has 2 aromatic heterocycles. The van der Waals surface area contributed by atoms with Crippen molar-refractivity contribution in [2.75, 3.05) is 14.1 Å². The maximum atomic E-state index is 6.01. The van der Waals surface area contributed by atoms with Crippen molar-refractivity contribution >= 4 is 41.5 Å². The van der Waals surface area contributed by atoms with E-state index in [1.54, 1.807) is 7.05 Å². The topological polar surface area (TPSA) is 61.2 Å². The molecule has 0 aromatic carbocycles. The molecule has 0 unspecified atom stereocenters. The molecule has 0 amide bonds. The number of rotatable bonds is 4. The van der Waals surface area contributed by atoms with Crippen LogP contribution >= 0.6 is 35.6 Å². The summed E-state index contributed by atoms with van der Waals surface area (Å²) in [6.45, 7) is 3.42. The number of halogens is 2. The van der Waals surface area contributed by atoms with Gasteiger partial charge in [-0.15, -0.1) is 24.0 Å². The molecule has 0 bridgehead atoms. The predicted octanol–water partition coefficient (Wildman–Crippen LogP) is 2.54. The molecule has 2 heterocycles. The summed E-state index contributed by atoms with van der Waals surface area (Å²) in [6, 6.07) is 1.96. The van der Waals surface area contributed by atoms with E-state index in [0.717, 1.165) is 34.5 Å². The Morgan fingerprint density at radius 3 is 2.77 bits per heavy atom. The molecule has 2 aromatic rings. The number of aryl methyl sites for hydroxylation is 2. The molecule has 0 saturated heterocycles. The van der Waals surface area contributed by atoms with Crippen LogP contribution in [0.2, 0.25) is 5.02 Å². The van der Waals surface area contributed by atoms with Crippen molar-refractivity contribution in [1.29, 1.82) is 0 Å². The number of aliphatic imine (C=N–C) groups is 1. The quantitative estimate of drug-likeness (QED) is 0.440. The van der Waals surface area contributed by atoms with Crippen LogP contribution < -0.4 is 5.32 Å². The monoisotopic (exact) mass is 436 g/mol. The minimum Gasteiger partial charge on any atom is -0.352 e.